The number of rotatable bonds is 7. The number of benzene rings is 3. The first kappa shape index (κ1) is 33.8. The predicted octanol–water partition coefficient (Wildman–Crippen LogP) is 5.54. The lowest BCUT2D eigenvalue weighted by molar-refractivity contribution is -0.136. The summed E-state index contributed by atoms with van der Waals surface area (Å²) in [6, 6.07) is 20.9. The van der Waals surface area contributed by atoms with Crippen LogP contribution in [0.25, 0.3) is 0 Å². The minimum Gasteiger partial charge on any atom is -0.508 e. The van der Waals surface area contributed by atoms with Gasteiger partial charge in [0.05, 0.1) is 0 Å². The largest absolute Gasteiger partial charge is 0.508 e. The SMILES string of the molecule is CC(C)C1CCc2cc(O)ccc2C1c1ccc(N2CCC(CN3CCN(c4ccc5c(c4)CN(C4CCC(=O)NC4=O)C5=O)CC3)CC2)cc1. The quantitative estimate of drug-likeness (QED) is 0.315. The van der Waals surface area contributed by atoms with Gasteiger partial charge in [-0.2, -0.15) is 0 Å². The number of nitrogens with one attached hydrogen (secondary N) is 1. The highest BCUT2D eigenvalue weighted by molar-refractivity contribution is 6.05. The molecular formula is C42H51N5O4. The predicted molar refractivity (Wildman–Crippen MR) is 199 cm³/mol. The number of fused-ring (bicyclic) bond motifs is 2. The molecule has 0 bridgehead atoms. The van der Waals surface area contributed by atoms with Gasteiger partial charge in [0.2, 0.25) is 11.8 Å². The number of carbonyl (C=O) groups excluding carboxylic acids is 3. The second-order valence-electron chi connectivity index (χ2n) is 15.9. The Bertz CT molecular complexity index is 1790. The Hall–Kier alpha value is -4.37. The molecule has 0 saturated carbocycles. The van der Waals surface area contributed by atoms with Crippen molar-refractivity contribution in [2.24, 2.45) is 17.8 Å². The van der Waals surface area contributed by atoms with Crippen molar-refractivity contribution in [3.05, 3.63) is 88.5 Å². The van der Waals surface area contributed by atoms with Crippen LogP contribution in [0.5, 0.6) is 5.75 Å². The molecule has 9 heteroatoms. The summed E-state index contributed by atoms with van der Waals surface area (Å²) in [6.45, 7) is 12.4. The van der Waals surface area contributed by atoms with Crippen molar-refractivity contribution >= 4 is 29.1 Å². The van der Waals surface area contributed by atoms with Gasteiger partial charge in [-0.3, -0.25) is 24.6 Å². The van der Waals surface area contributed by atoms with Gasteiger partial charge in [0, 0.05) is 81.6 Å². The van der Waals surface area contributed by atoms with Crippen molar-refractivity contribution in [1.82, 2.24) is 15.1 Å². The Morgan fingerprint density at radius 1 is 0.765 bits per heavy atom. The second-order valence-corrected chi connectivity index (χ2v) is 15.9. The average molecular weight is 690 g/mol. The molecule has 2 N–H and O–H groups in total. The van der Waals surface area contributed by atoms with Gasteiger partial charge < -0.3 is 19.8 Å². The van der Waals surface area contributed by atoms with Gasteiger partial charge in [-0.05, 0) is 115 Å². The molecule has 51 heavy (non-hydrogen) atoms. The van der Waals surface area contributed by atoms with Gasteiger partial charge in [-0.15, -0.1) is 0 Å². The van der Waals surface area contributed by atoms with Crippen LogP contribution >= 0.6 is 0 Å². The number of piperidine rings is 2. The molecule has 9 nitrogen and oxygen atoms in total. The topological polar surface area (TPSA) is 96.4 Å². The third kappa shape index (κ3) is 6.73. The minimum atomic E-state index is -0.581. The lowest BCUT2D eigenvalue weighted by atomic mass is 9.68. The van der Waals surface area contributed by atoms with Gasteiger partial charge in [-0.25, -0.2) is 0 Å². The van der Waals surface area contributed by atoms with E-state index in [2.05, 4.69) is 70.3 Å². The molecule has 3 aromatic carbocycles. The number of nitrogens with zero attached hydrogens (tertiary/aromatic N) is 4. The molecule has 3 unspecified atom stereocenters. The smallest absolute Gasteiger partial charge is 0.255 e. The van der Waals surface area contributed by atoms with Crippen molar-refractivity contribution in [3.63, 3.8) is 0 Å². The van der Waals surface area contributed by atoms with Crippen molar-refractivity contribution in [2.45, 2.75) is 70.9 Å². The molecule has 8 rings (SSSR count). The van der Waals surface area contributed by atoms with Crippen molar-refractivity contribution in [2.75, 3.05) is 55.6 Å². The highest BCUT2D eigenvalue weighted by Gasteiger charge is 2.39. The maximum absolute atomic E-state index is 13.1. The molecule has 0 radical (unpaired) electrons. The van der Waals surface area contributed by atoms with Crippen LogP contribution in [-0.2, 0) is 22.6 Å². The monoisotopic (exact) mass is 689 g/mol. The van der Waals surface area contributed by atoms with E-state index < -0.39 is 6.04 Å². The van der Waals surface area contributed by atoms with Crippen LogP contribution in [0.15, 0.2) is 60.7 Å². The molecule has 3 aromatic rings. The zero-order valence-corrected chi connectivity index (χ0v) is 30.0. The summed E-state index contributed by atoms with van der Waals surface area (Å²) >= 11 is 0. The summed E-state index contributed by atoms with van der Waals surface area (Å²) in [7, 11) is 0. The second kappa shape index (κ2) is 14.0. The van der Waals surface area contributed by atoms with E-state index in [1.54, 1.807) is 4.90 Å². The summed E-state index contributed by atoms with van der Waals surface area (Å²) in [4.78, 5) is 46.4. The van der Waals surface area contributed by atoms with Gasteiger partial charge in [-0.1, -0.05) is 32.0 Å². The van der Waals surface area contributed by atoms with E-state index in [0.717, 1.165) is 69.9 Å². The fraction of sp³-hybridized carbons (Fsp3) is 0.500. The number of phenols is 1. The molecule has 4 aliphatic heterocycles. The number of hydrogen-bond donors (Lipinski definition) is 2. The first-order chi connectivity index (χ1) is 24.7. The lowest BCUT2D eigenvalue weighted by Crippen LogP contribution is -2.52. The Morgan fingerprint density at radius 3 is 2.22 bits per heavy atom. The van der Waals surface area contributed by atoms with E-state index in [1.165, 1.54) is 35.2 Å². The zero-order chi connectivity index (χ0) is 35.2. The molecule has 3 fully saturated rings. The Morgan fingerprint density at radius 2 is 1.49 bits per heavy atom. The maximum Gasteiger partial charge on any atom is 0.255 e. The highest BCUT2D eigenvalue weighted by atomic mass is 16.3. The Balaban J connectivity index is 0.825. The molecule has 3 atom stereocenters. The van der Waals surface area contributed by atoms with Crippen molar-refractivity contribution < 1.29 is 19.5 Å². The van der Waals surface area contributed by atoms with Crippen LogP contribution in [0.4, 0.5) is 11.4 Å². The van der Waals surface area contributed by atoms with Crippen LogP contribution in [0.1, 0.15) is 84.5 Å². The zero-order valence-electron chi connectivity index (χ0n) is 30.0. The molecule has 5 aliphatic rings. The van der Waals surface area contributed by atoms with Crippen LogP contribution in [0, 0.1) is 17.8 Å². The van der Waals surface area contributed by atoms with E-state index in [0.29, 0.717) is 48.0 Å². The highest BCUT2D eigenvalue weighted by Crippen LogP contribution is 2.45. The third-order valence-corrected chi connectivity index (χ3v) is 12.5. The van der Waals surface area contributed by atoms with Gasteiger partial charge in [0.25, 0.3) is 5.91 Å². The normalized spacial score (nSPS) is 24.6. The summed E-state index contributed by atoms with van der Waals surface area (Å²) in [5.74, 6) is 1.90. The van der Waals surface area contributed by atoms with E-state index in [9.17, 15) is 19.5 Å². The summed E-state index contributed by atoms with van der Waals surface area (Å²) < 4.78 is 0. The number of imide groups is 1. The Labute approximate surface area is 301 Å². The van der Waals surface area contributed by atoms with E-state index >= 15 is 0 Å². The summed E-state index contributed by atoms with van der Waals surface area (Å²) in [5.41, 5.74) is 8.16. The fourth-order valence-corrected chi connectivity index (χ4v) is 9.55. The third-order valence-electron chi connectivity index (χ3n) is 12.5. The standard InChI is InChI=1S/C42H51N5O4/c1-27(2)35-10-5-30-24-34(48)9-12-36(30)40(35)29-3-6-32(7-4-29)45-17-15-28(16-18-45)25-44-19-21-46(22-20-44)33-8-11-37-31(23-33)26-47(42(37)51)38-13-14-39(49)43-41(38)50/h3-4,6-9,11-12,23-24,27-28,35,38,40,48H,5,10,13-22,25-26H2,1-2H3,(H,43,49,50). The molecule has 3 amide bonds. The first-order valence-electron chi connectivity index (χ1n) is 19.1. The van der Waals surface area contributed by atoms with Crippen LogP contribution in [-0.4, -0.2) is 84.5 Å². The number of phenolic OH excluding ortho intramolecular Hbond substituents is 1. The molecule has 0 spiro atoms. The number of piperazine rings is 1. The molecular weight excluding hydrogens is 638 g/mol. The minimum absolute atomic E-state index is 0.119. The van der Waals surface area contributed by atoms with E-state index in [-0.39, 0.29) is 24.1 Å². The average Bonchev–Trinajstić information content (AvgIpc) is 3.46. The fourth-order valence-electron chi connectivity index (χ4n) is 9.55. The number of hydrogen-bond acceptors (Lipinski definition) is 7. The molecule has 3 saturated heterocycles. The molecule has 268 valence electrons. The van der Waals surface area contributed by atoms with Crippen molar-refractivity contribution in [3.8, 4) is 5.75 Å². The summed E-state index contributed by atoms with van der Waals surface area (Å²) in [6.07, 6.45) is 5.26. The van der Waals surface area contributed by atoms with Crippen LogP contribution < -0.4 is 15.1 Å². The number of amides is 3. The van der Waals surface area contributed by atoms with Gasteiger partial charge in [0.15, 0.2) is 0 Å². The van der Waals surface area contributed by atoms with E-state index in [1.807, 2.05) is 24.3 Å². The number of aryl methyl sites for hydroxylation is 1. The molecule has 1 aliphatic carbocycles. The van der Waals surface area contributed by atoms with Crippen molar-refractivity contribution in [1.29, 1.82) is 0 Å². The Kier molecular flexibility index (Phi) is 9.25. The maximum atomic E-state index is 13.1. The number of aromatic hydroxyl groups is 1. The number of anilines is 2. The number of carbonyl (C=O) groups is 3. The lowest BCUT2D eigenvalue weighted by Gasteiger charge is -2.40. The molecule has 0 aromatic heterocycles. The van der Waals surface area contributed by atoms with Crippen LogP contribution in [0.2, 0.25) is 0 Å². The van der Waals surface area contributed by atoms with E-state index in [4.69, 9.17) is 0 Å². The first-order valence-corrected chi connectivity index (χ1v) is 19.1. The van der Waals surface area contributed by atoms with Crippen LogP contribution in [0.3, 0.4) is 0 Å². The molecule has 4 heterocycles. The van der Waals surface area contributed by atoms with Gasteiger partial charge in [0.1, 0.15) is 11.8 Å². The van der Waals surface area contributed by atoms with Gasteiger partial charge >= 0.3 is 0 Å². The summed E-state index contributed by atoms with van der Waals surface area (Å²) in [5, 5.41) is 12.5.